The van der Waals surface area contributed by atoms with E-state index in [1.165, 1.54) is 0 Å². The molecule has 4 aromatic rings. The third-order valence-electron chi connectivity index (χ3n) is 6.80. The Morgan fingerprint density at radius 1 is 1.06 bits per heavy atom. The number of benzene rings is 1. The van der Waals surface area contributed by atoms with Gasteiger partial charge < -0.3 is 15.2 Å². The molecule has 0 saturated heterocycles. The van der Waals surface area contributed by atoms with Crippen LogP contribution < -0.4 is 5.73 Å². The van der Waals surface area contributed by atoms with Crippen molar-refractivity contribution in [1.29, 1.82) is 0 Å². The van der Waals surface area contributed by atoms with Gasteiger partial charge in [-0.05, 0) is 37.8 Å². The third-order valence-corrected chi connectivity index (χ3v) is 6.80. The zero-order valence-electron chi connectivity index (χ0n) is 19.9. The molecule has 0 atom stereocenters. The van der Waals surface area contributed by atoms with Crippen LogP contribution in [0.3, 0.4) is 0 Å². The van der Waals surface area contributed by atoms with Gasteiger partial charge in [-0.3, -0.25) is 9.48 Å². The molecule has 10 nitrogen and oxygen atoms in total. The van der Waals surface area contributed by atoms with Gasteiger partial charge in [0, 0.05) is 37.2 Å². The molecule has 1 amide bonds. The summed E-state index contributed by atoms with van der Waals surface area (Å²) >= 11 is 0. The Hall–Kier alpha value is -4.08. The van der Waals surface area contributed by atoms with Gasteiger partial charge in [0.05, 0.1) is 17.2 Å². The Bertz CT molecular complexity index is 1300. The lowest BCUT2D eigenvalue weighted by molar-refractivity contribution is -0.131. The van der Waals surface area contributed by atoms with Crippen LogP contribution in [-0.2, 0) is 16.8 Å². The maximum Gasteiger partial charge on any atom is 0.261 e. The summed E-state index contributed by atoms with van der Waals surface area (Å²) in [4.78, 5) is 27.1. The topological polar surface area (TPSA) is 129 Å². The van der Waals surface area contributed by atoms with Crippen LogP contribution in [-0.4, -0.2) is 53.8 Å². The average molecular weight is 473 g/mol. The standard InChI is InChI=1S/C25H28N8O2/c1-3-32(4-2)21(34)16-33-15-19(14-29-33)22-30-23(31-35-22)25(10-5-11-25)20-8-6-17(7-9-20)18-12-27-24(26)28-13-18/h6-9,12-15H,3-5,10-11,16H2,1-2H3,(H2,26,27,28). The summed E-state index contributed by atoms with van der Waals surface area (Å²) in [7, 11) is 0. The third kappa shape index (κ3) is 4.27. The molecule has 1 aliphatic rings. The van der Waals surface area contributed by atoms with Crippen molar-refractivity contribution in [2.75, 3.05) is 18.8 Å². The number of nitrogens with two attached hydrogens (primary N) is 1. The normalized spacial score (nSPS) is 14.5. The minimum atomic E-state index is -0.271. The molecule has 0 aliphatic heterocycles. The first kappa shape index (κ1) is 22.7. The molecule has 0 radical (unpaired) electrons. The fraction of sp³-hybridized carbons (Fsp3) is 0.360. The van der Waals surface area contributed by atoms with Gasteiger partial charge in [-0.15, -0.1) is 0 Å². The predicted molar refractivity (Wildman–Crippen MR) is 130 cm³/mol. The van der Waals surface area contributed by atoms with Crippen molar-refractivity contribution in [3.63, 3.8) is 0 Å². The Morgan fingerprint density at radius 2 is 1.77 bits per heavy atom. The summed E-state index contributed by atoms with van der Waals surface area (Å²) in [6.45, 7) is 5.46. The van der Waals surface area contributed by atoms with Crippen LogP contribution in [0.2, 0.25) is 0 Å². The SMILES string of the molecule is CCN(CC)C(=O)Cn1cc(-c2nc(C3(c4ccc(-c5cnc(N)nc5)cc4)CCC3)no2)cn1. The van der Waals surface area contributed by atoms with E-state index in [2.05, 4.69) is 44.5 Å². The molecule has 10 heteroatoms. The molecule has 2 N–H and O–H groups in total. The highest BCUT2D eigenvalue weighted by Gasteiger charge is 2.44. The first-order chi connectivity index (χ1) is 17.0. The van der Waals surface area contributed by atoms with Crippen LogP contribution in [0.4, 0.5) is 5.95 Å². The Balaban J connectivity index is 1.35. The average Bonchev–Trinajstić information content (AvgIpc) is 3.50. The molecule has 1 fully saturated rings. The van der Waals surface area contributed by atoms with Crippen molar-refractivity contribution in [3.05, 3.63) is 60.4 Å². The van der Waals surface area contributed by atoms with Crippen molar-refractivity contribution in [3.8, 4) is 22.6 Å². The highest BCUT2D eigenvalue weighted by atomic mass is 16.5. The minimum absolute atomic E-state index is 0.0262. The second-order valence-electron chi connectivity index (χ2n) is 8.76. The number of carbonyl (C=O) groups excluding carboxylic acids is 1. The number of likely N-dealkylation sites (N-methyl/N-ethyl adjacent to an activating group) is 1. The minimum Gasteiger partial charge on any atom is -0.368 e. The molecule has 0 unspecified atom stereocenters. The van der Waals surface area contributed by atoms with Crippen LogP contribution in [0.5, 0.6) is 0 Å². The fourth-order valence-corrected chi connectivity index (χ4v) is 4.55. The summed E-state index contributed by atoms with van der Waals surface area (Å²) < 4.78 is 7.24. The van der Waals surface area contributed by atoms with Crippen LogP contribution >= 0.6 is 0 Å². The number of hydrogen-bond acceptors (Lipinski definition) is 8. The maximum atomic E-state index is 12.4. The number of aromatic nitrogens is 6. The molecule has 35 heavy (non-hydrogen) atoms. The van der Waals surface area contributed by atoms with Gasteiger partial charge in [-0.25, -0.2) is 9.97 Å². The second-order valence-corrected chi connectivity index (χ2v) is 8.76. The molecule has 1 aromatic carbocycles. The zero-order chi connectivity index (χ0) is 24.4. The van der Waals surface area contributed by atoms with E-state index in [1.807, 2.05) is 13.8 Å². The summed E-state index contributed by atoms with van der Waals surface area (Å²) in [5.41, 5.74) is 9.10. The molecule has 0 bridgehead atoms. The van der Waals surface area contributed by atoms with Gasteiger partial charge in [-0.2, -0.15) is 10.1 Å². The van der Waals surface area contributed by atoms with Gasteiger partial charge in [0.25, 0.3) is 5.89 Å². The quantitative estimate of drug-likeness (QED) is 0.413. The monoisotopic (exact) mass is 472 g/mol. The molecule has 0 spiro atoms. The van der Waals surface area contributed by atoms with Crippen molar-refractivity contribution >= 4 is 11.9 Å². The first-order valence-electron chi connectivity index (χ1n) is 11.9. The molecule has 5 rings (SSSR count). The molecule has 1 saturated carbocycles. The van der Waals surface area contributed by atoms with E-state index in [-0.39, 0.29) is 23.8 Å². The van der Waals surface area contributed by atoms with Crippen LogP contribution in [0.25, 0.3) is 22.6 Å². The van der Waals surface area contributed by atoms with Crippen LogP contribution in [0.15, 0.2) is 53.6 Å². The molecule has 1 aliphatic carbocycles. The predicted octanol–water partition coefficient (Wildman–Crippen LogP) is 3.31. The van der Waals surface area contributed by atoms with Gasteiger partial charge in [0.15, 0.2) is 5.82 Å². The van der Waals surface area contributed by atoms with E-state index in [9.17, 15) is 4.79 Å². The van der Waals surface area contributed by atoms with Gasteiger partial charge in [0.1, 0.15) is 6.54 Å². The summed E-state index contributed by atoms with van der Waals surface area (Å²) in [5.74, 6) is 1.36. The maximum absolute atomic E-state index is 12.4. The molecule has 3 heterocycles. The molecular weight excluding hydrogens is 444 g/mol. The lowest BCUT2D eigenvalue weighted by atomic mass is 9.64. The van der Waals surface area contributed by atoms with Crippen molar-refractivity contribution in [1.82, 2.24) is 34.8 Å². The highest BCUT2D eigenvalue weighted by molar-refractivity contribution is 5.76. The van der Waals surface area contributed by atoms with Gasteiger partial charge >= 0.3 is 0 Å². The van der Waals surface area contributed by atoms with Crippen molar-refractivity contribution < 1.29 is 9.32 Å². The fourth-order valence-electron chi connectivity index (χ4n) is 4.55. The largest absolute Gasteiger partial charge is 0.368 e. The number of nitrogen functional groups attached to an aromatic ring is 1. The second kappa shape index (κ2) is 9.28. The van der Waals surface area contributed by atoms with E-state index in [0.717, 1.165) is 36.0 Å². The summed E-state index contributed by atoms with van der Waals surface area (Å²) in [6.07, 6.45) is 9.87. The van der Waals surface area contributed by atoms with E-state index in [4.69, 9.17) is 15.2 Å². The van der Waals surface area contributed by atoms with Gasteiger partial charge in [-0.1, -0.05) is 35.8 Å². The summed E-state index contributed by atoms with van der Waals surface area (Å²) in [5, 5.41) is 8.66. The Labute approximate surface area is 203 Å². The molecule has 180 valence electrons. The first-order valence-corrected chi connectivity index (χ1v) is 11.9. The van der Waals surface area contributed by atoms with Gasteiger partial charge in [0.2, 0.25) is 11.9 Å². The lowest BCUT2D eigenvalue weighted by Crippen LogP contribution is -2.36. The number of rotatable bonds is 8. The number of amides is 1. The number of hydrogen-bond donors (Lipinski definition) is 1. The van der Waals surface area contributed by atoms with Crippen molar-refractivity contribution in [2.24, 2.45) is 0 Å². The number of nitrogens with zero attached hydrogens (tertiary/aromatic N) is 7. The van der Waals surface area contributed by atoms with Crippen LogP contribution in [0.1, 0.15) is 44.5 Å². The summed E-state index contributed by atoms with van der Waals surface area (Å²) in [6, 6.07) is 8.33. The van der Waals surface area contributed by atoms with E-state index in [1.54, 1.807) is 34.4 Å². The zero-order valence-corrected chi connectivity index (χ0v) is 19.9. The lowest BCUT2D eigenvalue weighted by Gasteiger charge is -2.39. The molecular formula is C25H28N8O2. The number of anilines is 1. The highest BCUT2D eigenvalue weighted by Crippen LogP contribution is 2.48. The van der Waals surface area contributed by atoms with E-state index >= 15 is 0 Å². The van der Waals surface area contributed by atoms with E-state index in [0.29, 0.717) is 30.4 Å². The number of carbonyl (C=O) groups is 1. The Kier molecular flexibility index (Phi) is 6.02. The molecule has 3 aromatic heterocycles. The smallest absolute Gasteiger partial charge is 0.261 e. The van der Waals surface area contributed by atoms with Crippen molar-refractivity contribution in [2.45, 2.75) is 45.1 Å². The van der Waals surface area contributed by atoms with Crippen LogP contribution in [0, 0.1) is 0 Å². The Morgan fingerprint density at radius 3 is 2.40 bits per heavy atom. The van der Waals surface area contributed by atoms with E-state index < -0.39 is 0 Å².